The van der Waals surface area contributed by atoms with Gasteiger partial charge in [0.2, 0.25) is 0 Å². The lowest BCUT2D eigenvalue weighted by Crippen LogP contribution is -2.49. The van der Waals surface area contributed by atoms with Gasteiger partial charge in [0.1, 0.15) is 5.75 Å². The first kappa shape index (κ1) is 16.8. The number of rotatable bonds is 3. The zero-order valence-electron chi connectivity index (χ0n) is 14.8. The molecule has 1 fully saturated rings. The molecule has 3 aromatic rings. The second kappa shape index (κ2) is 6.92. The van der Waals surface area contributed by atoms with Gasteiger partial charge in [-0.2, -0.15) is 0 Å². The maximum absolute atomic E-state index is 13.0. The summed E-state index contributed by atoms with van der Waals surface area (Å²) in [6.07, 6.45) is 5.26. The van der Waals surface area contributed by atoms with Gasteiger partial charge in [0.25, 0.3) is 5.91 Å². The summed E-state index contributed by atoms with van der Waals surface area (Å²) in [6, 6.07) is 5.72. The second-order valence-corrected chi connectivity index (χ2v) is 7.51. The van der Waals surface area contributed by atoms with Crippen LogP contribution in [0.1, 0.15) is 15.2 Å². The van der Waals surface area contributed by atoms with Crippen LogP contribution in [0.25, 0.3) is 10.2 Å². The Labute approximate surface area is 156 Å². The molecule has 1 saturated heterocycles. The topological polar surface area (TPSA) is 58.6 Å². The molecule has 0 atom stereocenters. The third-order valence-corrected chi connectivity index (χ3v) is 5.73. The van der Waals surface area contributed by atoms with Gasteiger partial charge in [-0.1, -0.05) is 0 Å². The highest BCUT2D eigenvalue weighted by Gasteiger charge is 2.25. The monoisotopic (exact) mass is 368 g/mol. The predicted octanol–water partition coefficient (Wildman–Crippen LogP) is 2.97. The van der Waals surface area contributed by atoms with E-state index in [0.29, 0.717) is 13.1 Å². The van der Waals surface area contributed by atoms with Crippen molar-refractivity contribution >= 4 is 33.1 Å². The standard InChI is InChI=1S/C19H20N4O2S/c1-13-11-15-18(26-13)14(3-6-21-15)19(24)23-9-7-22(8-10-23)16-12-20-5-4-17(16)25-2/h3-6,11-12H,7-10H2,1-2H3. The van der Waals surface area contributed by atoms with E-state index in [-0.39, 0.29) is 5.91 Å². The SMILES string of the molecule is COc1ccncc1N1CCN(C(=O)c2ccnc3cc(C)sc23)CC1. The molecule has 134 valence electrons. The Morgan fingerprint density at radius 2 is 2.00 bits per heavy atom. The van der Waals surface area contributed by atoms with E-state index in [1.54, 1.807) is 30.8 Å². The van der Waals surface area contributed by atoms with Crippen LogP contribution in [0.5, 0.6) is 5.75 Å². The fraction of sp³-hybridized carbons (Fsp3) is 0.316. The Hall–Kier alpha value is -2.67. The predicted molar refractivity (Wildman–Crippen MR) is 103 cm³/mol. The molecule has 26 heavy (non-hydrogen) atoms. The number of hydrogen-bond donors (Lipinski definition) is 0. The number of carbonyl (C=O) groups excluding carboxylic acids is 1. The molecule has 0 radical (unpaired) electrons. The van der Waals surface area contributed by atoms with E-state index < -0.39 is 0 Å². The van der Waals surface area contributed by atoms with Crippen molar-refractivity contribution in [2.24, 2.45) is 0 Å². The van der Waals surface area contributed by atoms with Gasteiger partial charge < -0.3 is 14.5 Å². The van der Waals surface area contributed by atoms with Crippen LogP contribution >= 0.6 is 11.3 Å². The van der Waals surface area contributed by atoms with Gasteiger partial charge in [-0.05, 0) is 19.1 Å². The van der Waals surface area contributed by atoms with E-state index in [9.17, 15) is 4.79 Å². The number of fused-ring (bicyclic) bond motifs is 1. The number of amides is 1. The van der Waals surface area contributed by atoms with Crippen LogP contribution in [0.2, 0.25) is 0 Å². The molecule has 0 saturated carbocycles. The van der Waals surface area contributed by atoms with Crippen molar-refractivity contribution in [3.8, 4) is 5.75 Å². The fourth-order valence-corrected chi connectivity index (χ4v) is 4.30. The molecule has 1 aliphatic rings. The van der Waals surface area contributed by atoms with Gasteiger partial charge in [-0.25, -0.2) is 0 Å². The molecular weight excluding hydrogens is 348 g/mol. The zero-order chi connectivity index (χ0) is 18.1. The molecule has 1 amide bonds. The number of aryl methyl sites for hydroxylation is 1. The minimum atomic E-state index is 0.0806. The summed E-state index contributed by atoms with van der Waals surface area (Å²) in [5, 5.41) is 0. The Morgan fingerprint density at radius 3 is 2.77 bits per heavy atom. The average Bonchev–Trinajstić information content (AvgIpc) is 3.07. The highest BCUT2D eigenvalue weighted by atomic mass is 32.1. The van der Waals surface area contributed by atoms with Crippen molar-refractivity contribution in [1.29, 1.82) is 0 Å². The molecule has 0 unspecified atom stereocenters. The molecule has 0 spiro atoms. The Morgan fingerprint density at radius 1 is 1.19 bits per heavy atom. The highest BCUT2D eigenvalue weighted by molar-refractivity contribution is 7.19. The van der Waals surface area contributed by atoms with Crippen molar-refractivity contribution in [3.05, 3.63) is 47.2 Å². The van der Waals surface area contributed by atoms with E-state index in [1.165, 1.54) is 4.88 Å². The number of ether oxygens (including phenoxy) is 1. The maximum atomic E-state index is 13.0. The number of piperazine rings is 1. The lowest BCUT2D eigenvalue weighted by Gasteiger charge is -2.36. The number of pyridine rings is 2. The van der Waals surface area contributed by atoms with Gasteiger partial charge >= 0.3 is 0 Å². The highest BCUT2D eigenvalue weighted by Crippen LogP contribution is 2.29. The molecule has 1 aliphatic heterocycles. The number of carbonyl (C=O) groups is 1. The van der Waals surface area contributed by atoms with Gasteiger partial charge in [-0.3, -0.25) is 14.8 Å². The minimum absolute atomic E-state index is 0.0806. The molecule has 6 nitrogen and oxygen atoms in total. The smallest absolute Gasteiger partial charge is 0.255 e. The molecular formula is C19H20N4O2S. The lowest BCUT2D eigenvalue weighted by atomic mass is 10.2. The van der Waals surface area contributed by atoms with E-state index >= 15 is 0 Å². The molecule has 0 aliphatic carbocycles. The van der Waals surface area contributed by atoms with Gasteiger partial charge in [-0.15, -0.1) is 11.3 Å². The number of nitrogens with zero attached hydrogens (tertiary/aromatic N) is 4. The Bertz CT molecular complexity index is 948. The third kappa shape index (κ3) is 2.99. The van der Waals surface area contributed by atoms with E-state index in [1.807, 2.05) is 36.2 Å². The summed E-state index contributed by atoms with van der Waals surface area (Å²) in [5.41, 5.74) is 2.62. The van der Waals surface area contributed by atoms with Crippen LogP contribution in [0.3, 0.4) is 0 Å². The summed E-state index contributed by atoms with van der Waals surface area (Å²) in [4.78, 5) is 26.9. The first-order valence-corrected chi connectivity index (χ1v) is 9.36. The van der Waals surface area contributed by atoms with Crippen molar-refractivity contribution in [3.63, 3.8) is 0 Å². The van der Waals surface area contributed by atoms with Crippen LogP contribution in [-0.4, -0.2) is 54.1 Å². The molecule has 0 aromatic carbocycles. The maximum Gasteiger partial charge on any atom is 0.255 e. The largest absolute Gasteiger partial charge is 0.494 e. The lowest BCUT2D eigenvalue weighted by molar-refractivity contribution is 0.0749. The van der Waals surface area contributed by atoms with Gasteiger partial charge in [0.15, 0.2) is 0 Å². The first-order valence-electron chi connectivity index (χ1n) is 8.55. The second-order valence-electron chi connectivity index (χ2n) is 6.26. The first-order chi connectivity index (χ1) is 12.7. The van der Waals surface area contributed by atoms with E-state index in [0.717, 1.165) is 40.3 Å². The Balaban J connectivity index is 1.51. The number of thiophene rings is 1. The molecule has 0 N–H and O–H groups in total. The van der Waals surface area contributed by atoms with Crippen LogP contribution in [-0.2, 0) is 0 Å². The molecule has 0 bridgehead atoms. The number of methoxy groups -OCH3 is 1. The van der Waals surface area contributed by atoms with Crippen LogP contribution < -0.4 is 9.64 Å². The van der Waals surface area contributed by atoms with Gasteiger partial charge in [0, 0.05) is 49.5 Å². The molecule has 3 aromatic heterocycles. The average molecular weight is 368 g/mol. The Kier molecular flexibility index (Phi) is 4.46. The van der Waals surface area contributed by atoms with Gasteiger partial charge in [0.05, 0.1) is 34.8 Å². The van der Waals surface area contributed by atoms with E-state index in [4.69, 9.17) is 4.74 Å². The van der Waals surface area contributed by atoms with Crippen LogP contribution in [0, 0.1) is 6.92 Å². The summed E-state index contributed by atoms with van der Waals surface area (Å²) in [6.45, 7) is 4.90. The van der Waals surface area contributed by atoms with Crippen LogP contribution in [0.15, 0.2) is 36.8 Å². The van der Waals surface area contributed by atoms with Crippen molar-refractivity contribution < 1.29 is 9.53 Å². The van der Waals surface area contributed by atoms with Crippen molar-refractivity contribution in [2.45, 2.75) is 6.92 Å². The minimum Gasteiger partial charge on any atom is -0.494 e. The molecule has 7 heteroatoms. The molecule has 4 heterocycles. The van der Waals surface area contributed by atoms with Crippen LogP contribution in [0.4, 0.5) is 5.69 Å². The number of aromatic nitrogens is 2. The number of hydrogen-bond acceptors (Lipinski definition) is 6. The third-order valence-electron chi connectivity index (χ3n) is 4.65. The van der Waals surface area contributed by atoms with Crippen molar-refractivity contribution in [2.75, 3.05) is 38.2 Å². The normalized spacial score (nSPS) is 14.7. The molecule has 4 rings (SSSR count). The van der Waals surface area contributed by atoms with Crippen molar-refractivity contribution in [1.82, 2.24) is 14.9 Å². The fourth-order valence-electron chi connectivity index (χ4n) is 3.33. The summed E-state index contributed by atoms with van der Waals surface area (Å²) >= 11 is 1.63. The summed E-state index contributed by atoms with van der Waals surface area (Å²) in [7, 11) is 1.66. The van der Waals surface area contributed by atoms with E-state index in [2.05, 4.69) is 14.9 Å². The quantitative estimate of drug-likeness (QED) is 0.711. The summed E-state index contributed by atoms with van der Waals surface area (Å²) < 4.78 is 6.40. The number of anilines is 1. The zero-order valence-corrected chi connectivity index (χ0v) is 15.6. The summed E-state index contributed by atoms with van der Waals surface area (Å²) in [5.74, 6) is 0.890.